The molecular formula is C65H62Cl3N19O3. The summed E-state index contributed by atoms with van der Waals surface area (Å²) in [5.41, 5.74) is 10.2. The van der Waals surface area contributed by atoms with Gasteiger partial charge in [0.2, 0.25) is 0 Å². The number of benzene rings is 3. The minimum Gasteiger partial charge on any atom is -0.353 e. The third kappa shape index (κ3) is 12.7. The van der Waals surface area contributed by atoms with Crippen molar-refractivity contribution in [2.75, 3.05) is 54.0 Å². The lowest BCUT2D eigenvalue weighted by Gasteiger charge is -2.19. The van der Waals surface area contributed by atoms with E-state index in [4.69, 9.17) is 34.8 Å². The lowest BCUT2D eigenvalue weighted by atomic mass is 10.2. The smallest absolute Gasteiger partial charge is 0.272 e. The minimum atomic E-state index is -0.184. The number of aromatic nitrogens is 13. The number of anilines is 3. The van der Waals surface area contributed by atoms with E-state index >= 15 is 0 Å². The normalized spacial score (nSPS) is 16.3. The number of nitrogens with zero attached hydrogens (tertiary/aromatic N) is 16. The van der Waals surface area contributed by atoms with Crippen LogP contribution in [0.2, 0.25) is 15.1 Å². The largest absolute Gasteiger partial charge is 0.353 e. The van der Waals surface area contributed by atoms with E-state index in [1.807, 2.05) is 103 Å². The molecule has 3 saturated heterocycles. The van der Waals surface area contributed by atoms with Gasteiger partial charge in [-0.2, -0.15) is 15.3 Å². The molecule has 0 bridgehead atoms. The average Bonchev–Trinajstić information content (AvgIpc) is 2.25. The first-order chi connectivity index (χ1) is 43.7. The van der Waals surface area contributed by atoms with Crippen molar-refractivity contribution in [2.45, 2.75) is 58.2 Å². The van der Waals surface area contributed by atoms with Gasteiger partial charge in [-0.25, -0.2) is 34.0 Å². The Morgan fingerprint density at radius 3 is 1.26 bits per heavy atom. The van der Waals surface area contributed by atoms with Gasteiger partial charge in [0.25, 0.3) is 17.7 Å². The maximum absolute atomic E-state index is 12.8. The van der Waals surface area contributed by atoms with Crippen molar-refractivity contribution in [3.05, 3.63) is 226 Å². The molecule has 90 heavy (non-hydrogen) atoms. The van der Waals surface area contributed by atoms with E-state index in [0.717, 1.165) is 109 Å². The summed E-state index contributed by atoms with van der Waals surface area (Å²) < 4.78 is 11.2. The van der Waals surface area contributed by atoms with Crippen LogP contribution in [0.5, 0.6) is 0 Å². The molecule has 9 aromatic heterocycles. The summed E-state index contributed by atoms with van der Waals surface area (Å²) in [7, 11) is 0. The molecule has 0 saturated carbocycles. The summed E-state index contributed by atoms with van der Waals surface area (Å²) in [6.07, 6.45) is 26.8. The summed E-state index contributed by atoms with van der Waals surface area (Å²) >= 11 is 17.9. The summed E-state index contributed by atoms with van der Waals surface area (Å²) in [6, 6.07) is 29.7. The lowest BCUT2D eigenvalue weighted by molar-refractivity contribution is 0.0926. The zero-order valence-electron chi connectivity index (χ0n) is 49.4. The number of halogens is 3. The number of carbonyl (C=O) groups excluding carboxylic acids is 3. The molecule has 0 unspecified atom stereocenters. The second kappa shape index (κ2) is 25.6. The minimum absolute atomic E-state index is 0.0280. The lowest BCUT2D eigenvalue weighted by Crippen LogP contribution is -2.37. The Kier molecular flexibility index (Phi) is 16.8. The first-order valence-electron chi connectivity index (χ1n) is 29.5. The molecule has 25 heteroatoms. The molecule has 3 aliphatic heterocycles. The van der Waals surface area contributed by atoms with Crippen molar-refractivity contribution in [2.24, 2.45) is 0 Å². The van der Waals surface area contributed by atoms with E-state index in [-0.39, 0.29) is 35.8 Å². The number of imidazole rings is 1. The Balaban J connectivity index is 0.000000124. The molecule has 3 atom stereocenters. The summed E-state index contributed by atoms with van der Waals surface area (Å²) in [6.45, 7) is 10.8. The molecule has 0 aliphatic carbocycles. The van der Waals surface area contributed by atoms with E-state index in [2.05, 4.69) is 101 Å². The number of carbonyl (C=O) groups is 3. The predicted molar refractivity (Wildman–Crippen MR) is 348 cm³/mol. The maximum Gasteiger partial charge on any atom is 0.272 e. The van der Waals surface area contributed by atoms with Gasteiger partial charge in [-0.1, -0.05) is 34.8 Å². The number of nitrogens with one attached hydrogen (secondary N) is 3. The van der Waals surface area contributed by atoms with Gasteiger partial charge < -0.3 is 43.9 Å². The Hall–Kier alpha value is -10.0. The summed E-state index contributed by atoms with van der Waals surface area (Å²) in [5, 5.41) is 24.6. The molecule has 456 valence electrons. The quantitative estimate of drug-likeness (QED) is 0.104. The van der Waals surface area contributed by atoms with Crippen LogP contribution < -0.4 is 30.7 Å². The highest BCUT2D eigenvalue weighted by Gasteiger charge is 2.31. The third-order valence-corrected chi connectivity index (χ3v) is 17.1. The fraction of sp³-hybridized carbons (Fsp3) is 0.231. The standard InChI is InChI=1S/C23H23ClN6O.C22H21ClN6O.C20H18ClN7O/c1-15-5-9-28-12-8-25-22(21(15)28)29-10-6-18(14-29)26-23(31)19-7-11-30(27-19)20-4-3-17(24)13-16(20)2;1-15-6-10-27-13-9-24-21(20(15)27)28-11-7-17(14-28)25-22(30)19-8-12-29(26-19)18-4-2-16(23)3-5-18;21-14-1-3-16(4-2-14)28-10-6-17(25-28)20(29)24-15-5-9-27(13-15)19-18-22-7-11-26(18)12-8-23-19/h3-5,7-9,11-13,18H,6,10,14H2,1-2H3,(H,26,31);2-6,8-10,12-13,17H,7,11,14H2,1H3,(H,25,30);1-4,6-8,10-12,15H,5,9,13H2,(H,24,29)/t18-;17-;15-/m000/s1. The first-order valence-corrected chi connectivity index (χ1v) is 30.6. The summed E-state index contributed by atoms with van der Waals surface area (Å²) in [4.78, 5) is 62.9. The van der Waals surface area contributed by atoms with Crippen molar-refractivity contribution in [1.82, 2.24) is 78.4 Å². The molecule has 3 aliphatic rings. The molecule has 3 N–H and O–H groups in total. The molecular weight excluding hydrogens is 1200 g/mol. The number of rotatable bonds is 12. The van der Waals surface area contributed by atoms with Crippen molar-refractivity contribution >= 4 is 86.7 Å². The van der Waals surface area contributed by atoms with Gasteiger partial charge >= 0.3 is 0 Å². The van der Waals surface area contributed by atoms with Gasteiger partial charge in [0, 0.05) is 153 Å². The second-order valence-corrected chi connectivity index (χ2v) is 23.8. The zero-order valence-corrected chi connectivity index (χ0v) is 51.6. The Morgan fingerprint density at radius 2 is 0.800 bits per heavy atom. The Labute approximate surface area is 532 Å². The molecule has 0 radical (unpaired) electrons. The van der Waals surface area contributed by atoms with Crippen LogP contribution in [-0.4, -0.2) is 138 Å². The highest BCUT2D eigenvalue weighted by atomic mass is 35.5. The topological polar surface area (TPSA) is 215 Å². The molecule has 3 aromatic carbocycles. The highest BCUT2D eigenvalue weighted by molar-refractivity contribution is 6.31. The third-order valence-electron chi connectivity index (χ3n) is 16.3. The van der Waals surface area contributed by atoms with Crippen LogP contribution in [0.3, 0.4) is 0 Å². The molecule has 3 amide bonds. The first kappa shape index (κ1) is 59.0. The van der Waals surface area contributed by atoms with Gasteiger partial charge in [0.1, 0.15) is 0 Å². The van der Waals surface area contributed by atoms with E-state index in [1.165, 1.54) is 11.1 Å². The van der Waals surface area contributed by atoms with Crippen molar-refractivity contribution in [3.8, 4) is 17.1 Å². The van der Waals surface area contributed by atoms with Gasteiger partial charge in [-0.15, -0.1) is 0 Å². The molecule has 12 heterocycles. The van der Waals surface area contributed by atoms with Crippen LogP contribution in [0.15, 0.2) is 178 Å². The molecule has 15 rings (SSSR count). The van der Waals surface area contributed by atoms with Crippen LogP contribution >= 0.6 is 34.8 Å². The van der Waals surface area contributed by atoms with Crippen LogP contribution in [0.25, 0.3) is 33.7 Å². The van der Waals surface area contributed by atoms with Crippen LogP contribution in [0, 0.1) is 20.8 Å². The number of fused-ring (bicyclic) bond motifs is 3. The van der Waals surface area contributed by atoms with Crippen molar-refractivity contribution in [1.29, 1.82) is 0 Å². The van der Waals surface area contributed by atoms with Crippen molar-refractivity contribution in [3.63, 3.8) is 0 Å². The van der Waals surface area contributed by atoms with Gasteiger partial charge in [-0.05, 0) is 154 Å². The van der Waals surface area contributed by atoms with E-state index in [9.17, 15) is 14.4 Å². The molecule has 12 aromatic rings. The molecule has 3 fully saturated rings. The van der Waals surface area contributed by atoms with Crippen LogP contribution in [0.1, 0.15) is 67.4 Å². The van der Waals surface area contributed by atoms with Crippen LogP contribution in [0.4, 0.5) is 17.5 Å². The second-order valence-electron chi connectivity index (χ2n) is 22.5. The maximum atomic E-state index is 12.8. The van der Waals surface area contributed by atoms with Crippen LogP contribution in [-0.2, 0) is 0 Å². The molecule has 0 spiro atoms. The fourth-order valence-electron chi connectivity index (χ4n) is 11.7. The zero-order chi connectivity index (χ0) is 62.0. The fourth-order valence-corrected chi connectivity index (χ4v) is 12.2. The monoisotopic (exact) mass is 1260 g/mol. The van der Waals surface area contributed by atoms with Crippen molar-refractivity contribution < 1.29 is 14.4 Å². The number of amides is 3. The van der Waals surface area contributed by atoms with Gasteiger partial charge in [0.05, 0.1) is 28.1 Å². The molecule has 22 nitrogen and oxygen atoms in total. The number of aryl methyl sites for hydroxylation is 3. The summed E-state index contributed by atoms with van der Waals surface area (Å²) in [5.74, 6) is 2.24. The average molecular weight is 1260 g/mol. The Morgan fingerprint density at radius 1 is 0.411 bits per heavy atom. The SMILES string of the molecule is Cc1cc(Cl)ccc1-n1ccc(C(=O)N[C@H]2CCN(c3nccn4ccc(C)c34)C2)n1.Cc1ccn2ccnc(N3CC[C@H](NC(=O)c4ccn(-c5ccc(Cl)cc5)n4)C3)c12.O=C(N[C@H]1CCN(c2nccn3ccnc23)C1)c1ccn(-c2ccc(Cl)cc2)n1. The Bertz CT molecular complexity index is 4570. The predicted octanol–water partition coefficient (Wildman–Crippen LogP) is 9.87. The van der Waals surface area contributed by atoms with E-state index in [1.54, 1.807) is 87.5 Å². The number of hydrogen-bond acceptors (Lipinski definition) is 13. The van der Waals surface area contributed by atoms with Gasteiger partial charge in [0.15, 0.2) is 40.2 Å². The van der Waals surface area contributed by atoms with E-state index < -0.39 is 0 Å². The van der Waals surface area contributed by atoms with Gasteiger partial charge in [-0.3, -0.25) is 14.4 Å². The van der Waals surface area contributed by atoms with E-state index in [0.29, 0.717) is 38.7 Å². The highest BCUT2D eigenvalue weighted by Crippen LogP contribution is 2.29. The number of hydrogen-bond donors (Lipinski definition) is 3.